The Kier molecular flexibility index (Phi) is 5.03. The van der Waals surface area contributed by atoms with E-state index >= 15 is 0 Å². The van der Waals surface area contributed by atoms with E-state index in [0.29, 0.717) is 27.0 Å². The number of nitrogens with zero attached hydrogens (tertiary/aromatic N) is 3. The Morgan fingerprint density at radius 2 is 1.84 bits per heavy atom. The number of anilines is 1. The maximum absolute atomic E-state index is 13.4. The predicted octanol–water partition coefficient (Wildman–Crippen LogP) is 4.68. The van der Waals surface area contributed by atoms with Gasteiger partial charge in [0.15, 0.2) is 5.13 Å². The van der Waals surface area contributed by atoms with Crippen LogP contribution in [0.2, 0.25) is 5.02 Å². The molecule has 0 atom stereocenters. The Bertz CT molecular complexity index is 1340. The van der Waals surface area contributed by atoms with E-state index in [0.717, 1.165) is 20.7 Å². The Morgan fingerprint density at radius 1 is 1.12 bits per heavy atom. The fourth-order valence-corrected chi connectivity index (χ4v) is 5.12. The second-order valence-corrected chi connectivity index (χ2v) is 8.81. The first-order valence-corrected chi connectivity index (χ1v) is 11.0. The summed E-state index contributed by atoms with van der Waals surface area (Å²) in [7, 11) is 0. The van der Waals surface area contributed by atoms with Crippen LogP contribution in [0.3, 0.4) is 0 Å². The van der Waals surface area contributed by atoms with Crippen LogP contribution in [-0.2, 0) is 11.3 Å². The second kappa shape index (κ2) is 7.89. The highest BCUT2D eigenvalue weighted by molar-refractivity contribution is 7.22. The van der Waals surface area contributed by atoms with Gasteiger partial charge in [0.05, 0.1) is 34.2 Å². The van der Waals surface area contributed by atoms with Crippen LogP contribution in [0.5, 0.6) is 0 Å². The molecule has 0 saturated carbocycles. The van der Waals surface area contributed by atoms with E-state index in [1.54, 1.807) is 42.5 Å². The van der Waals surface area contributed by atoms with Gasteiger partial charge in [-0.2, -0.15) is 0 Å². The minimum Gasteiger partial charge on any atom is -0.467 e. The average molecular weight is 466 g/mol. The monoisotopic (exact) mass is 465 g/mol. The van der Waals surface area contributed by atoms with Gasteiger partial charge in [0.1, 0.15) is 12.3 Å². The third kappa shape index (κ3) is 3.47. The van der Waals surface area contributed by atoms with Gasteiger partial charge in [-0.1, -0.05) is 35.1 Å². The summed E-state index contributed by atoms with van der Waals surface area (Å²) in [6.07, 6.45) is 1.52. The van der Waals surface area contributed by atoms with Gasteiger partial charge in [-0.15, -0.1) is 0 Å². The molecule has 5 rings (SSSR count). The van der Waals surface area contributed by atoms with Gasteiger partial charge in [-0.3, -0.25) is 24.2 Å². The molecule has 3 heterocycles. The maximum atomic E-state index is 13.4. The molecule has 0 aliphatic carbocycles. The first kappa shape index (κ1) is 20.4. The number of aromatic nitrogens is 1. The minimum absolute atomic E-state index is 0.113. The molecule has 160 valence electrons. The topological polar surface area (TPSA) is 83.7 Å². The number of halogens is 1. The van der Waals surface area contributed by atoms with Gasteiger partial charge in [0.2, 0.25) is 5.91 Å². The third-order valence-electron chi connectivity index (χ3n) is 5.24. The molecule has 1 aliphatic heterocycles. The van der Waals surface area contributed by atoms with Crippen LogP contribution in [0.1, 0.15) is 32.0 Å². The normalized spacial score (nSPS) is 13.1. The van der Waals surface area contributed by atoms with Crippen LogP contribution in [0.4, 0.5) is 5.13 Å². The average Bonchev–Trinajstić information content (AvgIpc) is 3.48. The SMILES string of the molecule is Cc1cc(Cl)cc2sc(N(Cc3ccco3)C(=O)CN3C(=O)c4ccccc4C3=O)nc12. The van der Waals surface area contributed by atoms with Crippen LogP contribution in [0.15, 0.2) is 59.2 Å². The number of rotatable bonds is 5. The molecule has 0 N–H and O–H groups in total. The van der Waals surface area contributed by atoms with E-state index in [1.165, 1.54) is 22.5 Å². The molecule has 0 bridgehead atoms. The molecule has 32 heavy (non-hydrogen) atoms. The summed E-state index contributed by atoms with van der Waals surface area (Å²) in [5.74, 6) is -0.860. The first-order chi connectivity index (χ1) is 15.4. The summed E-state index contributed by atoms with van der Waals surface area (Å²) in [5, 5.41) is 1.02. The molecule has 9 heteroatoms. The van der Waals surface area contributed by atoms with Crippen molar-refractivity contribution >= 4 is 56.0 Å². The molecule has 3 amide bonds. The van der Waals surface area contributed by atoms with Gasteiger partial charge in [0.25, 0.3) is 11.8 Å². The van der Waals surface area contributed by atoms with Crippen molar-refractivity contribution in [1.82, 2.24) is 9.88 Å². The third-order valence-corrected chi connectivity index (χ3v) is 6.48. The van der Waals surface area contributed by atoms with Gasteiger partial charge in [-0.25, -0.2) is 4.98 Å². The number of carbonyl (C=O) groups excluding carboxylic acids is 3. The predicted molar refractivity (Wildman–Crippen MR) is 121 cm³/mol. The summed E-state index contributed by atoms with van der Waals surface area (Å²) in [4.78, 5) is 45.9. The number of imide groups is 1. The Balaban J connectivity index is 1.49. The van der Waals surface area contributed by atoms with Crippen molar-refractivity contribution in [2.24, 2.45) is 0 Å². The van der Waals surface area contributed by atoms with Gasteiger partial charge in [0, 0.05) is 5.02 Å². The lowest BCUT2D eigenvalue weighted by molar-refractivity contribution is -0.119. The Labute approximate surface area is 191 Å². The van der Waals surface area contributed by atoms with Crippen LogP contribution in [-0.4, -0.2) is 34.2 Å². The first-order valence-electron chi connectivity index (χ1n) is 9.77. The molecule has 2 aromatic heterocycles. The summed E-state index contributed by atoms with van der Waals surface area (Å²) < 4.78 is 6.27. The number of aryl methyl sites for hydroxylation is 1. The highest BCUT2D eigenvalue weighted by Gasteiger charge is 2.37. The van der Waals surface area contributed by atoms with Crippen molar-refractivity contribution in [2.75, 3.05) is 11.4 Å². The Morgan fingerprint density at radius 3 is 2.50 bits per heavy atom. The van der Waals surface area contributed by atoms with Crippen molar-refractivity contribution in [2.45, 2.75) is 13.5 Å². The molecule has 0 unspecified atom stereocenters. The Hall–Kier alpha value is -3.49. The number of hydrogen-bond donors (Lipinski definition) is 0. The molecule has 2 aromatic carbocycles. The number of carbonyl (C=O) groups is 3. The molecule has 0 fully saturated rings. The summed E-state index contributed by atoms with van der Waals surface area (Å²) >= 11 is 7.49. The molecule has 7 nitrogen and oxygen atoms in total. The highest BCUT2D eigenvalue weighted by atomic mass is 35.5. The van der Waals surface area contributed by atoms with E-state index in [4.69, 9.17) is 16.0 Å². The number of furan rings is 1. The quantitative estimate of drug-likeness (QED) is 0.399. The fraction of sp³-hybridized carbons (Fsp3) is 0.130. The number of thiazole rings is 1. The highest BCUT2D eigenvalue weighted by Crippen LogP contribution is 2.34. The molecule has 0 saturated heterocycles. The lowest BCUT2D eigenvalue weighted by Crippen LogP contribution is -2.42. The molecule has 1 aliphatic rings. The van der Waals surface area contributed by atoms with Crippen molar-refractivity contribution < 1.29 is 18.8 Å². The van der Waals surface area contributed by atoms with Gasteiger partial charge >= 0.3 is 0 Å². The molecular weight excluding hydrogens is 450 g/mol. The van der Waals surface area contributed by atoms with Crippen molar-refractivity contribution in [3.05, 3.63) is 82.3 Å². The van der Waals surface area contributed by atoms with E-state index < -0.39 is 24.3 Å². The molecule has 0 radical (unpaired) electrons. The maximum Gasteiger partial charge on any atom is 0.262 e. The van der Waals surface area contributed by atoms with Crippen molar-refractivity contribution in [3.8, 4) is 0 Å². The van der Waals surface area contributed by atoms with Crippen LogP contribution in [0, 0.1) is 6.92 Å². The lowest BCUT2D eigenvalue weighted by Gasteiger charge is -2.21. The van der Waals surface area contributed by atoms with Crippen LogP contribution < -0.4 is 4.90 Å². The van der Waals surface area contributed by atoms with E-state index in [9.17, 15) is 14.4 Å². The van der Waals surface area contributed by atoms with Crippen molar-refractivity contribution in [3.63, 3.8) is 0 Å². The minimum atomic E-state index is -0.483. The van der Waals surface area contributed by atoms with E-state index in [1.807, 2.05) is 13.0 Å². The standard InChI is InChI=1S/C23H16ClN3O4S/c1-13-9-14(24)10-18-20(13)25-23(32-18)26(11-15-5-4-8-31-15)19(28)12-27-21(29)16-6-2-3-7-17(16)22(27)30/h2-10H,11-12H2,1H3. The van der Waals surface area contributed by atoms with E-state index in [-0.39, 0.29) is 6.54 Å². The number of fused-ring (bicyclic) bond motifs is 2. The number of benzene rings is 2. The van der Waals surface area contributed by atoms with E-state index in [2.05, 4.69) is 4.98 Å². The summed E-state index contributed by atoms with van der Waals surface area (Å²) in [5.41, 5.74) is 2.23. The number of amides is 3. The summed E-state index contributed by atoms with van der Waals surface area (Å²) in [6.45, 7) is 1.61. The van der Waals surface area contributed by atoms with Gasteiger partial charge in [-0.05, 0) is 48.9 Å². The second-order valence-electron chi connectivity index (χ2n) is 7.37. The largest absolute Gasteiger partial charge is 0.467 e. The molecule has 0 spiro atoms. The smallest absolute Gasteiger partial charge is 0.262 e. The zero-order valence-corrected chi connectivity index (χ0v) is 18.4. The number of hydrogen-bond acceptors (Lipinski definition) is 6. The molecule has 4 aromatic rings. The van der Waals surface area contributed by atoms with Crippen LogP contribution >= 0.6 is 22.9 Å². The van der Waals surface area contributed by atoms with Crippen LogP contribution in [0.25, 0.3) is 10.2 Å². The fourth-order valence-electron chi connectivity index (χ4n) is 3.68. The summed E-state index contributed by atoms with van der Waals surface area (Å²) in [6, 6.07) is 13.6. The van der Waals surface area contributed by atoms with Crippen molar-refractivity contribution in [1.29, 1.82) is 0 Å². The lowest BCUT2D eigenvalue weighted by atomic mass is 10.1. The molecular formula is C23H16ClN3O4S. The zero-order valence-electron chi connectivity index (χ0n) is 16.9. The van der Waals surface area contributed by atoms with Gasteiger partial charge < -0.3 is 4.42 Å². The zero-order chi connectivity index (χ0) is 22.4.